The highest BCUT2D eigenvalue weighted by atomic mass is 35.5. The van der Waals surface area contributed by atoms with Crippen molar-refractivity contribution in [2.75, 3.05) is 5.32 Å². The van der Waals surface area contributed by atoms with Gasteiger partial charge in [-0.3, -0.25) is 9.59 Å². The summed E-state index contributed by atoms with van der Waals surface area (Å²) >= 11 is 6.55. The number of carbonyl (C=O) groups is 2. The van der Waals surface area contributed by atoms with Gasteiger partial charge in [-0.05, 0) is 19.1 Å². The summed E-state index contributed by atoms with van der Waals surface area (Å²) in [4.78, 5) is 41.6. The standard InChI is InChI=1S/C24H16ClF3N8O2S/c1-12(23-32-9-19(39-23)22(38)35-20-4-16(24(26,27)28)17(25)8-31-20)34-21(37)15-7-33-36-10-13(2-3-18(15)36)14-5-29-11-30-6-14/h2-12H,1H3,(H,34,37)(H,31,35,38). The van der Waals surface area contributed by atoms with Crippen LogP contribution in [0.3, 0.4) is 0 Å². The van der Waals surface area contributed by atoms with E-state index in [1.54, 1.807) is 36.1 Å². The van der Waals surface area contributed by atoms with Gasteiger partial charge >= 0.3 is 6.18 Å². The molecule has 198 valence electrons. The molecule has 39 heavy (non-hydrogen) atoms. The molecule has 1 atom stereocenters. The van der Waals surface area contributed by atoms with Gasteiger partial charge in [-0.1, -0.05) is 17.7 Å². The van der Waals surface area contributed by atoms with Crippen molar-refractivity contribution in [3.63, 3.8) is 0 Å². The number of nitrogens with one attached hydrogen (secondary N) is 2. The van der Waals surface area contributed by atoms with Crippen molar-refractivity contribution >= 4 is 46.1 Å². The maximum absolute atomic E-state index is 13.1. The molecule has 10 nitrogen and oxygen atoms in total. The predicted octanol–water partition coefficient (Wildman–Crippen LogP) is 5.06. The first-order chi connectivity index (χ1) is 18.6. The van der Waals surface area contributed by atoms with Crippen molar-refractivity contribution in [2.24, 2.45) is 0 Å². The van der Waals surface area contributed by atoms with Crippen LogP contribution in [0.1, 0.15) is 43.6 Å². The first kappa shape index (κ1) is 26.2. The van der Waals surface area contributed by atoms with Gasteiger partial charge in [0.15, 0.2) is 0 Å². The molecular weight excluding hydrogens is 557 g/mol. The molecule has 0 aromatic carbocycles. The molecule has 0 aliphatic rings. The lowest BCUT2D eigenvalue weighted by molar-refractivity contribution is -0.137. The summed E-state index contributed by atoms with van der Waals surface area (Å²) in [5.74, 6) is -1.42. The molecule has 5 heterocycles. The molecule has 15 heteroatoms. The van der Waals surface area contributed by atoms with Crippen molar-refractivity contribution in [3.8, 4) is 11.1 Å². The highest BCUT2D eigenvalue weighted by Gasteiger charge is 2.34. The van der Waals surface area contributed by atoms with Crippen LogP contribution in [0.2, 0.25) is 5.02 Å². The summed E-state index contributed by atoms with van der Waals surface area (Å²) in [6.45, 7) is 1.69. The van der Waals surface area contributed by atoms with Crippen LogP contribution in [0.25, 0.3) is 16.6 Å². The fourth-order valence-corrected chi connectivity index (χ4v) is 4.64. The van der Waals surface area contributed by atoms with Crippen molar-refractivity contribution < 1.29 is 22.8 Å². The Balaban J connectivity index is 1.27. The van der Waals surface area contributed by atoms with E-state index < -0.39 is 34.6 Å². The molecule has 0 spiro atoms. The Morgan fingerprint density at radius 3 is 2.54 bits per heavy atom. The van der Waals surface area contributed by atoms with Crippen molar-refractivity contribution in [1.29, 1.82) is 0 Å². The normalized spacial score (nSPS) is 12.3. The van der Waals surface area contributed by atoms with Crippen molar-refractivity contribution in [1.82, 2.24) is 34.9 Å². The predicted molar refractivity (Wildman–Crippen MR) is 136 cm³/mol. The highest BCUT2D eigenvalue weighted by molar-refractivity contribution is 7.13. The second kappa shape index (κ2) is 10.4. The van der Waals surface area contributed by atoms with Crippen molar-refractivity contribution in [2.45, 2.75) is 19.1 Å². The number of thiazole rings is 1. The number of anilines is 1. The number of hydrogen-bond acceptors (Lipinski definition) is 8. The first-order valence-corrected chi connectivity index (χ1v) is 12.3. The van der Waals surface area contributed by atoms with Gasteiger partial charge < -0.3 is 10.6 Å². The summed E-state index contributed by atoms with van der Waals surface area (Å²) in [5, 5.41) is 9.22. The summed E-state index contributed by atoms with van der Waals surface area (Å²) < 4.78 is 40.8. The van der Waals surface area contributed by atoms with Crippen LogP contribution in [0.15, 0.2) is 61.7 Å². The van der Waals surface area contributed by atoms with Gasteiger partial charge in [0.1, 0.15) is 22.0 Å². The summed E-state index contributed by atoms with van der Waals surface area (Å²) in [6.07, 6.45) is 5.34. The number of alkyl halides is 3. The van der Waals surface area contributed by atoms with Crippen LogP contribution < -0.4 is 10.6 Å². The Morgan fingerprint density at radius 1 is 1.03 bits per heavy atom. The first-order valence-electron chi connectivity index (χ1n) is 11.1. The number of hydrogen-bond donors (Lipinski definition) is 2. The molecule has 1 unspecified atom stereocenters. The maximum Gasteiger partial charge on any atom is 0.418 e. The SMILES string of the molecule is CC(NC(=O)c1cnn2cc(-c3cncnc3)ccc12)c1ncc(C(=O)Nc2cc(C(F)(F)F)c(Cl)cn2)s1. The van der Waals surface area contributed by atoms with Crippen LogP contribution >= 0.6 is 22.9 Å². The monoisotopic (exact) mass is 572 g/mol. The number of amides is 2. The van der Waals surface area contributed by atoms with E-state index in [0.29, 0.717) is 22.2 Å². The van der Waals surface area contributed by atoms with Crippen LogP contribution in [0, 0.1) is 0 Å². The van der Waals surface area contributed by atoms with E-state index in [0.717, 1.165) is 28.7 Å². The van der Waals surface area contributed by atoms with E-state index in [-0.39, 0.29) is 10.7 Å². The average Bonchev–Trinajstić information content (AvgIpc) is 3.57. The number of rotatable bonds is 6. The van der Waals surface area contributed by atoms with Gasteiger partial charge in [0.05, 0.1) is 40.1 Å². The third-order valence-corrected chi connectivity index (χ3v) is 7.00. The van der Waals surface area contributed by atoms with Gasteiger partial charge in [0, 0.05) is 35.9 Å². The fourth-order valence-electron chi connectivity index (χ4n) is 3.61. The zero-order valence-corrected chi connectivity index (χ0v) is 21.3. The molecule has 5 aromatic rings. The molecule has 2 N–H and O–H groups in total. The average molecular weight is 573 g/mol. The van der Waals surface area contributed by atoms with Crippen molar-refractivity contribution in [3.05, 3.63) is 87.7 Å². The van der Waals surface area contributed by atoms with E-state index in [4.69, 9.17) is 11.6 Å². The third kappa shape index (κ3) is 5.56. The second-order valence-electron chi connectivity index (χ2n) is 8.19. The zero-order valence-electron chi connectivity index (χ0n) is 19.8. The van der Waals surface area contributed by atoms with E-state index in [9.17, 15) is 22.8 Å². The Hall–Kier alpha value is -4.43. The quantitative estimate of drug-likeness (QED) is 0.291. The van der Waals surface area contributed by atoms with E-state index in [2.05, 4.69) is 35.7 Å². The smallest absolute Gasteiger partial charge is 0.343 e. The number of pyridine rings is 2. The Labute approximate surface area is 226 Å². The Bertz CT molecular complexity index is 1690. The molecule has 0 aliphatic carbocycles. The molecule has 5 rings (SSSR count). The number of fused-ring (bicyclic) bond motifs is 1. The summed E-state index contributed by atoms with van der Waals surface area (Å²) in [5.41, 5.74) is 1.41. The molecule has 2 amide bonds. The molecule has 0 aliphatic heterocycles. The van der Waals surface area contributed by atoms with Gasteiger partial charge in [0.25, 0.3) is 11.8 Å². The summed E-state index contributed by atoms with van der Waals surface area (Å²) in [7, 11) is 0. The van der Waals surface area contributed by atoms with Gasteiger partial charge in [-0.2, -0.15) is 18.3 Å². The molecule has 0 bridgehead atoms. The van der Waals surface area contributed by atoms with Crippen LogP contribution in [0.5, 0.6) is 0 Å². The summed E-state index contributed by atoms with van der Waals surface area (Å²) in [6, 6.07) is 3.66. The number of nitrogens with zero attached hydrogens (tertiary/aromatic N) is 6. The van der Waals surface area contributed by atoms with Crippen LogP contribution in [-0.4, -0.2) is 41.4 Å². The maximum atomic E-state index is 13.1. The van der Waals surface area contributed by atoms with E-state index in [1.807, 2.05) is 6.07 Å². The lowest BCUT2D eigenvalue weighted by Crippen LogP contribution is -2.26. The van der Waals surface area contributed by atoms with Gasteiger partial charge in [-0.15, -0.1) is 11.3 Å². The zero-order chi connectivity index (χ0) is 27.7. The largest absolute Gasteiger partial charge is 0.418 e. The molecule has 0 saturated heterocycles. The number of halogens is 4. The molecule has 0 saturated carbocycles. The molecule has 5 aromatic heterocycles. The van der Waals surface area contributed by atoms with Gasteiger partial charge in [-0.25, -0.2) is 24.5 Å². The Kier molecular flexibility index (Phi) is 6.97. The molecular formula is C24H16ClF3N8O2S. The van der Waals surface area contributed by atoms with Gasteiger partial charge in [0.2, 0.25) is 0 Å². The highest BCUT2D eigenvalue weighted by Crippen LogP contribution is 2.35. The third-order valence-electron chi connectivity index (χ3n) is 5.52. The second-order valence-corrected chi connectivity index (χ2v) is 9.66. The van der Waals surface area contributed by atoms with Crippen LogP contribution in [-0.2, 0) is 6.18 Å². The topological polar surface area (TPSA) is 127 Å². The fraction of sp³-hybridized carbons (Fsp3) is 0.125. The number of carbonyl (C=O) groups excluding carboxylic acids is 2. The molecule has 0 fully saturated rings. The minimum atomic E-state index is -4.70. The lowest BCUT2D eigenvalue weighted by Gasteiger charge is -2.11. The minimum Gasteiger partial charge on any atom is -0.343 e. The van der Waals surface area contributed by atoms with E-state index in [1.165, 1.54) is 18.7 Å². The lowest BCUT2D eigenvalue weighted by atomic mass is 10.1. The minimum absolute atomic E-state index is 0.116. The van der Waals surface area contributed by atoms with E-state index >= 15 is 0 Å². The van der Waals surface area contributed by atoms with Crippen LogP contribution in [0.4, 0.5) is 19.0 Å². The Morgan fingerprint density at radius 2 is 1.79 bits per heavy atom. The molecule has 0 radical (unpaired) electrons. The number of aromatic nitrogens is 6.